The molecule has 2 heterocycles. The molecular weight excluding hydrogens is 649 g/mol. The number of aryl methyl sites for hydroxylation is 1. The topological polar surface area (TPSA) is 76.2 Å². The first-order valence-electron chi connectivity index (χ1n) is 20.9. The van der Waals surface area contributed by atoms with Crippen molar-refractivity contribution in [3.8, 4) is 11.5 Å². The van der Waals surface area contributed by atoms with Crippen molar-refractivity contribution < 1.29 is 23.9 Å². The van der Waals surface area contributed by atoms with Gasteiger partial charge in [0, 0.05) is 36.9 Å². The van der Waals surface area contributed by atoms with Crippen LogP contribution in [0.4, 0.5) is 0 Å². The Kier molecular flexibility index (Phi) is 12.0. The van der Waals surface area contributed by atoms with Crippen molar-refractivity contribution in [1.29, 1.82) is 0 Å². The lowest BCUT2D eigenvalue weighted by atomic mass is 9.51. The van der Waals surface area contributed by atoms with E-state index in [1.54, 1.807) is 6.92 Å². The molecule has 3 fully saturated rings. The molecule has 7 heteroatoms. The monoisotopic (exact) mass is 710 g/mol. The number of hydrogen-bond donors (Lipinski definition) is 0. The molecule has 1 saturated heterocycles. The van der Waals surface area contributed by atoms with Crippen molar-refractivity contribution in [2.75, 3.05) is 19.6 Å². The molecule has 2 aliphatic heterocycles. The van der Waals surface area contributed by atoms with Gasteiger partial charge in [0.25, 0.3) is 0 Å². The van der Waals surface area contributed by atoms with Crippen LogP contribution >= 0.6 is 0 Å². The van der Waals surface area contributed by atoms with Crippen LogP contribution in [0.5, 0.6) is 11.5 Å². The summed E-state index contributed by atoms with van der Waals surface area (Å²) in [6.45, 7) is 5.30. The maximum atomic E-state index is 14.5. The highest BCUT2D eigenvalue weighted by molar-refractivity contribution is 5.78. The second-order valence-corrected chi connectivity index (χ2v) is 16.9. The summed E-state index contributed by atoms with van der Waals surface area (Å²) in [5, 5.41) is 0. The first-order chi connectivity index (χ1) is 25.3. The molecule has 0 unspecified atom stereocenters. The van der Waals surface area contributed by atoms with Crippen LogP contribution in [0, 0.1) is 11.8 Å². The first-order valence-corrected chi connectivity index (χ1v) is 20.9. The van der Waals surface area contributed by atoms with Crippen LogP contribution in [-0.2, 0) is 32.6 Å². The number of ketones is 1. The third-order valence-electron chi connectivity index (χ3n) is 13.4. The number of ether oxygens (including phenoxy) is 2. The lowest BCUT2D eigenvalue weighted by Gasteiger charge is -2.60. The van der Waals surface area contributed by atoms with Crippen LogP contribution < -0.4 is 9.47 Å². The number of benzene rings is 2. The molecule has 2 aromatic rings. The van der Waals surface area contributed by atoms with Crippen LogP contribution in [0.1, 0.15) is 140 Å². The molecule has 5 atom stereocenters. The average Bonchev–Trinajstić information content (AvgIpc) is 3.49. The van der Waals surface area contributed by atoms with Gasteiger partial charge in [-0.2, -0.15) is 0 Å². The van der Waals surface area contributed by atoms with Crippen molar-refractivity contribution in [3.05, 3.63) is 59.2 Å². The molecule has 282 valence electrons. The van der Waals surface area contributed by atoms with Crippen LogP contribution in [0.3, 0.4) is 0 Å². The Morgan fingerprint density at radius 2 is 1.60 bits per heavy atom. The van der Waals surface area contributed by atoms with Gasteiger partial charge in [-0.1, -0.05) is 94.2 Å². The molecule has 7 rings (SSSR count). The van der Waals surface area contributed by atoms with Gasteiger partial charge in [-0.25, -0.2) is 0 Å². The Labute approximate surface area is 312 Å². The van der Waals surface area contributed by atoms with Crippen molar-refractivity contribution in [3.63, 3.8) is 0 Å². The van der Waals surface area contributed by atoms with E-state index in [-0.39, 0.29) is 35.4 Å². The van der Waals surface area contributed by atoms with Crippen LogP contribution in [0.15, 0.2) is 42.5 Å². The van der Waals surface area contributed by atoms with Gasteiger partial charge in [-0.15, -0.1) is 0 Å². The lowest BCUT2D eigenvalue weighted by molar-refractivity contribution is -0.145. The van der Waals surface area contributed by atoms with E-state index in [0.717, 1.165) is 57.4 Å². The minimum atomic E-state index is -0.345. The number of unbranched alkanes of at least 4 members (excludes halogenated alkanes) is 7. The zero-order valence-corrected chi connectivity index (χ0v) is 31.9. The number of carbonyl (C=O) groups excluding carboxylic acids is 3. The summed E-state index contributed by atoms with van der Waals surface area (Å²) in [7, 11) is 0. The Bertz CT molecular complexity index is 1550. The minimum absolute atomic E-state index is 0.00917. The van der Waals surface area contributed by atoms with Crippen LogP contribution in [0.2, 0.25) is 0 Å². The molecule has 0 aromatic heterocycles. The number of likely N-dealkylation sites (tertiary alicyclic amines) is 1. The number of hydrogen-bond acceptors (Lipinski definition) is 6. The molecule has 5 aliphatic rings. The fourth-order valence-electron chi connectivity index (χ4n) is 11.1. The third kappa shape index (κ3) is 7.86. The Morgan fingerprint density at radius 1 is 0.865 bits per heavy atom. The maximum absolute atomic E-state index is 14.5. The SMILES string of the molecule is CC(=O)CN1CC[C@]23c4c5ccc(OC(C)=O)c4O[C@H]2[C@@H](N(CC2CCCCC2)C(=O)CCCCCCCCCCc2ccccc2)CC[C@H]3[C@H]1C5. The molecule has 3 aliphatic carbocycles. The molecule has 0 N–H and O–H groups in total. The van der Waals surface area contributed by atoms with Crippen molar-refractivity contribution in [1.82, 2.24) is 9.80 Å². The zero-order valence-electron chi connectivity index (χ0n) is 31.9. The molecule has 52 heavy (non-hydrogen) atoms. The fraction of sp³-hybridized carbons (Fsp3) is 0.667. The van der Waals surface area contributed by atoms with E-state index >= 15 is 0 Å². The maximum Gasteiger partial charge on any atom is 0.308 e. The first kappa shape index (κ1) is 37.1. The molecule has 7 nitrogen and oxygen atoms in total. The largest absolute Gasteiger partial charge is 0.483 e. The normalized spacial score (nSPS) is 26.3. The summed E-state index contributed by atoms with van der Waals surface area (Å²) in [5.41, 5.74) is 3.68. The predicted octanol–water partition coefficient (Wildman–Crippen LogP) is 8.77. The molecule has 1 amide bonds. The van der Waals surface area contributed by atoms with E-state index in [1.165, 1.54) is 101 Å². The zero-order chi connectivity index (χ0) is 36.1. The molecular formula is C45H62N2O5. The summed E-state index contributed by atoms with van der Waals surface area (Å²) in [5.74, 6) is 2.30. The number of carbonyl (C=O) groups is 3. The van der Waals surface area contributed by atoms with Gasteiger partial charge < -0.3 is 14.4 Å². The smallest absolute Gasteiger partial charge is 0.308 e. The van der Waals surface area contributed by atoms with E-state index in [0.29, 0.717) is 36.5 Å². The summed E-state index contributed by atoms with van der Waals surface area (Å²) in [4.78, 5) is 43.8. The van der Waals surface area contributed by atoms with E-state index in [9.17, 15) is 14.4 Å². The Hall–Kier alpha value is -3.19. The molecule has 2 aromatic carbocycles. The van der Waals surface area contributed by atoms with Gasteiger partial charge in [-0.05, 0) is 100 Å². The molecule has 2 saturated carbocycles. The number of piperidine rings is 1. The predicted molar refractivity (Wildman–Crippen MR) is 205 cm³/mol. The van der Waals surface area contributed by atoms with Gasteiger partial charge in [0.2, 0.25) is 5.91 Å². The van der Waals surface area contributed by atoms with Crippen molar-refractivity contribution in [2.24, 2.45) is 11.8 Å². The highest BCUT2D eigenvalue weighted by atomic mass is 16.6. The number of esters is 1. The molecule has 0 radical (unpaired) electrons. The second-order valence-electron chi connectivity index (χ2n) is 16.9. The van der Waals surface area contributed by atoms with Gasteiger partial charge in [-0.3, -0.25) is 19.3 Å². The fourth-order valence-corrected chi connectivity index (χ4v) is 11.1. The summed E-state index contributed by atoms with van der Waals surface area (Å²) in [6.07, 6.45) is 21.1. The van der Waals surface area contributed by atoms with Gasteiger partial charge in [0.15, 0.2) is 11.5 Å². The number of rotatable bonds is 17. The number of amides is 1. The minimum Gasteiger partial charge on any atom is -0.483 e. The third-order valence-corrected chi connectivity index (χ3v) is 13.4. The van der Waals surface area contributed by atoms with E-state index < -0.39 is 0 Å². The summed E-state index contributed by atoms with van der Waals surface area (Å²) < 4.78 is 12.9. The van der Waals surface area contributed by atoms with E-state index in [1.807, 2.05) is 6.07 Å². The summed E-state index contributed by atoms with van der Waals surface area (Å²) in [6, 6.07) is 15.1. The van der Waals surface area contributed by atoms with Crippen molar-refractivity contribution in [2.45, 2.75) is 159 Å². The quantitative estimate of drug-likeness (QED) is 0.0929. The summed E-state index contributed by atoms with van der Waals surface area (Å²) >= 11 is 0. The average molecular weight is 711 g/mol. The molecule has 2 bridgehead atoms. The number of Topliss-reactive ketones (excluding diaryl/α,β-unsaturated/α-hetero) is 1. The van der Waals surface area contributed by atoms with Crippen molar-refractivity contribution >= 4 is 17.7 Å². The highest BCUT2D eigenvalue weighted by Crippen LogP contribution is 2.64. The van der Waals surface area contributed by atoms with E-state index in [2.05, 4.69) is 46.2 Å². The van der Waals surface area contributed by atoms with Gasteiger partial charge >= 0.3 is 5.97 Å². The Balaban J connectivity index is 1.03. The van der Waals surface area contributed by atoms with Gasteiger partial charge in [0.1, 0.15) is 11.9 Å². The van der Waals surface area contributed by atoms with Crippen LogP contribution in [-0.4, -0.2) is 65.3 Å². The van der Waals surface area contributed by atoms with Crippen LogP contribution in [0.25, 0.3) is 0 Å². The van der Waals surface area contributed by atoms with Gasteiger partial charge in [0.05, 0.1) is 12.6 Å². The standard InChI is InChI=1S/C45H62N2O5/c1-32(48)30-46-28-27-45-37-24-25-38(44(45)52-43-40(51-33(2)49)26-23-36(42(43)45)29-39(37)46)47(31-35-20-14-10-15-21-35)41(50)22-16-8-6-4-3-5-7-11-17-34-18-12-9-13-19-34/h9,12-13,18-19,23,26,35,37-39,44H,3-8,10-11,14-17,20-22,24-25,27-31H2,1-2H3/t37-,38-,39+,44-,45-/m0/s1. The van der Waals surface area contributed by atoms with E-state index in [4.69, 9.17) is 9.47 Å². The Morgan fingerprint density at radius 3 is 2.33 bits per heavy atom. The lowest BCUT2D eigenvalue weighted by Crippen LogP contribution is -2.69. The molecule has 1 spiro atoms. The second kappa shape index (κ2) is 16.9. The number of nitrogens with zero attached hydrogens (tertiary/aromatic N) is 2. The highest BCUT2D eigenvalue weighted by Gasteiger charge is 2.66.